The summed E-state index contributed by atoms with van der Waals surface area (Å²) in [6.07, 6.45) is 1.61. The molecule has 3 rings (SSSR count). The number of carbonyl (C=O) groups is 1. The van der Waals surface area contributed by atoms with Crippen LogP contribution in [-0.2, 0) is 14.8 Å². The van der Waals surface area contributed by atoms with Gasteiger partial charge < -0.3 is 5.32 Å². The number of sulfonamides is 1. The summed E-state index contributed by atoms with van der Waals surface area (Å²) in [6.45, 7) is 6.09. The van der Waals surface area contributed by atoms with E-state index in [1.807, 2.05) is 67.3 Å². The van der Waals surface area contributed by atoms with Gasteiger partial charge in [-0.15, -0.1) is 0 Å². The molecule has 154 valence electrons. The van der Waals surface area contributed by atoms with Gasteiger partial charge in [-0.3, -0.25) is 9.69 Å². The van der Waals surface area contributed by atoms with Crippen LogP contribution in [0, 0.1) is 13.8 Å². The zero-order chi connectivity index (χ0) is 20.9. The molecule has 2 aromatic carbocycles. The fourth-order valence-electron chi connectivity index (χ4n) is 3.18. The number of nitrogens with one attached hydrogen (secondary N) is 1. The standard InChI is InChI=1S/C22H27N3O3S/c1-18-8-9-21(16-19(18)2)23-22(26)17-24-11-13-25(14-12-24)29(27,28)15-10-20-6-4-3-5-7-20/h3-10,15-16H,11-14,17H2,1-2H3,(H,23,26)/b15-10-. The van der Waals surface area contributed by atoms with Crippen molar-refractivity contribution in [3.05, 3.63) is 70.6 Å². The van der Waals surface area contributed by atoms with Gasteiger partial charge in [0.1, 0.15) is 0 Å². The van der Waals surface area contributed by atoms with Crippen LogP contribution in [0.2, 0.25) is 0 Å². The van der Waals surface area contributed by atoms with Crippen LogP contribution in [0.5, 0.6) is 0 Å². The number of rotatable bonds is 6. The molecule has 29 heavy (non-hydrogen) atoms. The zero-order valence-corrected chi connectivity index (χ0v) is 17.7. The Morgan fingerprint density at radius 3 is 2.34 bits per heavy atom. The largest absolute Gasteiger partial charge is 0.325 e. The molecule has 1 N–H and O–H groups in total. The third-order valence-corrected chi connectivity index (χ3v) is 6.65. The maximum Gasteiger partial charge on any atom is 0.238 e. The van der Waals surface area contributed by atoms with Gasteiger partial charge in [0.05, 0.1) is 6.54 Å². The predicted octanol–water partition coefficient (Wildman–Crippen LogP) is 2.86. The fourth-order valence-corrected chi connectivity index (χ4v) is 4.35. The molecule has 1 aliphatic heterocycles. The number of hydrogen-bond acceptors (Lipinski definition) is 4. The van der Waals surface area contributed by atoms with Crippen molar-refractivity contribution < 1.29 is 13.2 Å². The van der Waals surface area contributed by atoms with E-state index in [1.54, 1.807) is 6.08 Å². The lowest BCUT2D eigenvalue weighted by Gasteiger charge is -2.32. The van der Waals surface area contributed by atoms with Gasteiger partial charge in [-0.1, -0.05) is 36.4 Å². The first-order valence-corrected chi connectivity index (χ1v) is 11.2. The topological polar surface area (TPSA) is 69.7 Å². The number of aryl methyl sites for hydroxylation is 2. The molecule has 0 aromatic heterocycles. The Morgan fingerprint density at radius 1 is 1.00 bits per heavy atom. The minimum absolute atomic E-state index is 0.0893. The monoisotopic (exact) mass is 413 g/mol. The van der Waals surface area contributed by atoms with Crippen molar-refractivity contribution in [2.75, 3.05) is 38.0 Å². The van der Waals surface area contributed by atoms with Crippen LogP contribution in [-0.4, -0.2) is 56.3 Å². The number of anilines is 1. The summed E-state index contributed by atoms with van der Waals surface area (Å²) >= 11 is 0. The molecule has 0 saturated carbocycles. The molecule has 1 amide bonds. The van der Waals surface area contributed by atoms with Crippen LogP contribution in [0.25, 0.3) is 6.08 Å². The Kier molecular flexibility index (Phi) is 6.84. The van der Waals surface area contributed by atoms with Gasteiger partial charge in [-0.05, 0) is 48.7 Å². The van der Waals surface area contributed by atoms with E-state index in [1.165, 1.54) is 15.3 Å². The molecule has 0 radical (unpaired) electrons. The normalized spacial score (nSPS) is 16.2. The van der Waals surface area contributed by atoms with E-state index in [-0.39, 0.29) is 12.5 Å². The first-order valence-electron chi connectivity index (χ1n) is 9.66. The van der Waals surface area contributed by atoms with E-state index in [4.69, 9.17) is 0 Å². The summed E-state index contributed by atoms with van der Waals surface area (Å²) in [7, 11) is -3.47. The van der Waals surface area contributed by atoms with E-state index < -0.39 is 10.0 Å². The molecule has 1 aliphatic rings. The zero-order valence-electron chi connectivity index (χ0n) is 16.8. The molecule has 0 spiro atoms. The molecule has 6 nitrogen and oxygen atoms in total. The van der Waals surface area contributed by atoms with Crippen molar-refractivity contribution >= 4 is 27.7 Å². The molecule has 1 fully saturated rings. The van der Waals surface area contributed by atoms with E-state index in [0.717, 1.165) is 16.8 Å². The molecule has 0 bridgehead atoms. The SMILES string of the molecule is Cc1ccc(NC(=O)CN2CCN(S(=O)(=O)/C=C\c3ccccc3)CC2)cc1C. The molecule has 1 saturated heterocycles. The number of nitrogens with zero attached hydrogens (tertiary/aromatic N) is 2. The van der Waals surface area contributed by atoms with Crippen molar-refractivity contribution in [2.45, 2.75) is 13.8 Å². The van der Waals surface area contributed by atoms with Crippen LogP contribution in [0.4, 0.5) is 5.69 Å². The Balaban J connectivity index is 1.50. The molecule has 1 heterocycles. The number of amides is 1. The van der Waals surface area contributed by atoms with E-state index in [2.05, 4.69) is 5.32 Å². The highest BCUT2D eigenvalue weighted by Gasteiger charge is 2.25. The smallest absolute Gasteiger partial charge is 0.238 e. The molecular formula is C22H27N3O3S. The van der Waals surface area contributed by atoms with E-state index in [0.29, 0.717) is 26.2 Å². The highest BCUT2D eigenvalue weighted by Crippen LogP contribution is 2.15. The highest BCUT2D eigenvalue weighted by atomic mass is 32.2. The first kappa shape index (κ1) is 21.2. The first-order chi connectivity index (χ1) is 13.8. The summed E-state index contributed by atoms with van der Waals surface area (Å²) in [5.74, 6) is -0.0893. The van der Waals surface area contributed by atoms with E-state index >= 15 is 0 Å². The number of hydrogen-bond donors (Lipinski definition) is 1. The Bertz CT molecular complexity index is 980. The minimum atomic E-state index is -3.47. The van der Waals surface area contributed by atoms with Gasteiger partial charge >= 0.3 is 0 Å². The van der Waals surface area contributed by atoms with Gasteiger partial charge in [0, 0.05) is 37.3 Å². The second-order valence-corrected chi connectivity index (χ2v) is 9.10. The number of carbonyl (C=O) groups excluding carboxylic acids is 1. The average Bonchev–Trinajstić information content (AvgIpc) is 2.70. The Hall–Kier alpha value is -2.48. The molecular weight excluding hydrogens is 386 g/mol. The van der Waals surface area contributed by atoms with Crippen molar-refractivity contribution in [2.24, 2.45) is 0 Å². The van der Waals surface area contributed by atoms with Gasteiger partial charge in [0.15, 0.2) is 0 Å². The van der Waals surface area contributed by atoms with Crippen LogP contribution in [0.1, 0.15) is 16.7 Å². The van der Waals surface area contributed by atoms with Crippen LogP contribution >= 0.6 is 0 Å². The maximum atomic E-state index is 12.5. The lowest BCUT2D eigenvalue weighted by molar-refractivity contribution is -0.117. The second kappa shape index (κ2) is 9.35. The van der Waals surface area contributed by atoms with Gasteiger partial charge in [-0.25, -0.2) is 8.42 Å². The Labute approximate surface area is 172 Å². The van der Waals surface area contributed by atoms with Gasteiger partial charge in [0.25, 0.3) is 0 Å². The van der Waals surface area contributed by atoms with E-state index in [9.17, 15) is 13.2 Å². The highest BCUT2D eigenvalue weighted by molar-refractivity contribution is 7.92. The molecule has 0 unspecified atom stereocenters. The predicted molar refractivity (Wildman–Crippen MR) is 117 cm³/mol. The third-order valence-electron chi connectivity index (χ3n) is 5.08. The summed E-state index contributed by atoms with van der Waals surface area (Å²) < 4.78 is 26.5. The summed E-state index contributed by atoms with van der Waals surface area (Å²) in [5.41, 5.74) is 3.94. The van der Waals surface area contributed by atoms with Crippen molar-refractivity contribution in [1.82, 2.24) is 9.21 Å². The maximum absolute atomic E-state index is 12.5. The lowest BCUT2D eigenvalue weighted by Crippen LogP contribution is -2.49. The minimum Gasteiger partial charge on any atom is -0.325 e. The third kappa shape index (κ3) is 6.00. The summed E-state index contributed by atoms with van der Waals surface area (Å²) in [4.78, 5) is 14.3. The number of benzene rings is 2. The lowest BCUT2D eigenvalue weighted by atomic mass is 10.1. The van der Waals surface area contributed by atoms with Crippen molar-refractivity contribution in [3.8, 4) is 0 Å². The quantitative estimate of drug-likeness (QED) is 0.791. The van der Waals surface area contributed by atoms with Gasteiger partial charge in [0.2, 0.25) is 15.9 Å². The van der Waals surface area contributed by atoms with Crippen LogP contribution < -0.4 is 5.32 Å². The second-order valence-electron chi connectivity index (χ2n) is 7.28. The van der Waals surface area contributed by atoms with Crippen LogP contribution in [0.3, 0.4) is 0 Å². The molecule has 0 aliphatic carbocycles. The van der Waals surface area contributed by atoms with Gasteiger partial charge in [-0.2, -0.15) is 4.31 Å². The molecule has 7 heteroatoms. The molecule has 0 atom stereocenters. The summed E-state index contributed by atoms with van der Waals surface area (Å²) in [5, 5.41) is 4.17. The molecule has 2 aromatic rings. The summed E-state index contributed by atoms with van der Waals surface area (Å²) in [6, 6.07) is 15.2. The van der Waals surface area contributed by atoms with Crippen molar-refractivity contribution in [3.63, 3.8) is 0 Å². The number of piperazine rings is 1. The van der Waals surface area contributed by atoms with Crippen molar-refractivity contribution in [1.29, 1.82) is 0 Å². The average molecular weight is 414 g/mol. The fraction of sp³-hybridized carbons (Fsp3) is 0.318. The van der Waals surface area contributed by atoms with Crippen LogP contribution in [0.15, 0.2) is 53.9 Å². The Morgan fingerprint density at radius 2 is 1.69 bits per heavy atom.